The second-order valence-corrected chi connectivity index (χ2v) is 6.99. The summed E-state index contributed by atoms with van der Waals surface area (Å²) in [6.07, 6.45) is 1.90. The standard InChI is InChI=1S/C22H23N3O5/c1-4-22(2)20(27)25(21(28)24-22)23-13-17-7-5-6-8-18(17)30-14-15-9-11-16(12-10-15)19(26)29-3/h5-13H,4,14H2,1-3H3,(H,24,28)/b23-13-/t22-/m1/s1. The summed E-state index contributed by atoms with van der Waals surface area (Å²) in [5.41, 5.74) is 0.999. The van der Waals surface area contributed by atoms with Gasteiger partial charge in [0.1, 0.15) is 17.9 Å². The number of hydrazone groups is 1. The number of urea groups is 1. The summed E-state index contributed by atoms with van der Waals surface area (Å²) < 4.78 is 10.6. The van der Waals surface area contributed by atoms with Gasteiger partial charge in [0, 0.05) is 5.56 Å². The third-order valence-corrected chi connectivity index (χ3v) is 4.95. The predicted octanol–water partition coefficient (Wildman–Crippen LogP) is 3.11. The van der Waals surface area contributed by atoms with Gasteiger partial charge in [0.25, 0.3) is 5.91 Å². The molecule has 156 valence electrons. The minimum absolute atomic E-state index is 0.267. The van der Waals surface area contributed by atoms with Gasteiger partial charge in [-0.3, -0.25) is 4.79 Å². The molecule has 1 saturated heterocycles. The van der Waals surface area contributed by atoms with Crippen LogP contribution in [0.4, 0.5) is 4.79 Å². The molecule has 0 aliphatic carbocycles. The Balaban J connectivity index is 1.71. The highest BCUT2D eigenvalue weighted by atomic mass is 16.5. The molecule has 1 aliphatic rings. The summed E-state index contributed by atoms with van der Waals surface area (Å²) in [7, 11) is 1.33. The highest BCUT2D eigenvalue weighted by molar-refractivity contribution is 6.07. The van der Waals surface area contributed by atoms with Gasteiger partial charge < -0.3 is 14.8 Å². The number of hydrogen-bond donors (Lipinski definition) is 1. The predicted molar refractivity (Wildman–Crippen MR) is 110 cm³/mol. The van der Waals surface area contributed by atoms with Gasteiger partial charge >= 0.3 is 12.0 Å². The third kappa shape index (κ3) is 4.32. The summed E-state index contributed by atoms with van der Waals surface area (Å²) >= 11 is 0. The van der Waals surface area contributed by atoms with Gasteiger partial charge in [-0.2, -0.15) is 5.10 Å². The minimum Gasteiger partial charge on any atom is -0.488 e. The maximum absolute atomic E-state index is 12.4. The zero-order valence-electron chi connectivity index (χ0n) is 17.0. The molecule has 0 spiro atoms. The summed E-state index contributed by atoms with van der Waals surface area (Å²) in [4.78, 5) is 36.0. The molecule has 2 aromatic carbocycles. The number of para-hydroxylation sites is 1. The number of nitrogens with zero attached hydrogens (tertiary/aromatic N) is 2. The highest BCUT2D eigenvalue weighted by Crippen LogP contribution is 2.22. The first kappa shape index (κ1) is 21.0. The van der Waals surface area contributed by atoms with Crippen molar-refractivity contribution in [2.24, 2.45) is 5.10 Å². The Morgan fingerprint density at radius 3 is 2.50 bits per heavy atom. The average molecular weight is 409 g/mol. The molecule has 8 heteroatoms. The van der Waals surface area contributed by atoms with E-state index < -0.39 is 23.4 Å². The Labute approximate surface area is 174 Å². The van der Waals surface area contributed by atoms with Crippen LogP contribution < -0.4 is 10.1 Å². The lowest BCUT2D eigenvalue weighted by Crippen LogP contribution is -2.42. The number of hydrogen-bond acceptors (Lipinski definition) is 6. The normalized spacial score (nSPS) is 18.6. The average Bonchev–Trinajstić information content (AvgIpc) is 2.99. The SMILES string of the molecule is CC[C@@]1(C)NC(=O)N(/N=C\c2ccccc2OCc2ccc(C(=O)OC)cc2)C1=O. The largest absolute Gasteiger partial charge is 0.488 e. The Bertz CT molecular complexity index is 987. The molecule has 1 N–H and O–H groups in total. The quantitative estimate of drug-likeness (QED) is 0.431. The van der Waals surface area contributed by atoms with Crippen LogP contribution in [-0.4, -0.2) is 41.8 Å². The van der Waals surface area contributed by atoms with E-state index in [-0.39, 0.29) is 6.61 Å². The van der Waals surface area contributed by atoms with Crippen molar-refractivity contribution in [1.82, 2.24) is 10.3 Å². The van der Waals surface area contributed by atoms with E-state index in [1.807, 2.05) is 13.0 Å². The van der Waals surface area contributed by atoms with Gasteiger partial charge in [-0.25, -0.2) is 9.59 Å². The van der Waals surface area contributed by atoms with Crippen molar-refractivity contribution in [3.8, 4) is 5.75 Å². The number of rotatable bonds is 7. The van der Waals surface area contributed by atoms with Crippen LogP contribution in [0.5, 0.6) is 5.75 Å². The number of carbonyl (C=O) groups is 3. The molecule has 1 atom stereocenters. The maximum Gasteiger partial charge on any atom is 0.346 e. The van der Waals surface area contributed by atoms with Crippen LogP contribution in [0.1, 0.15) is 41.8 Å². The third-order valence-electron chi connectivity index (χ3n) is 4.95. The molecule has 1 fully saturated rings. The maximum atomic E-state index is 12.4. The van der Waals surface area contributed by atoms with Gasteiger partial charge in [0.05, 0.1) is 18.9 Å². The number of carbonyl (C=O) groups excluding carboxylic acids is 3. The monoisotopic (exact) mass is 409 g/mol. The molecular formula is C22H23N3O5. The van der Waals surface area contributed by atoms with Crippen molar-refractivity contribution in [1.29, 1.82) is 0 Å². The first-order chi connectivity index (χ1) is 14.4. The number of ether oxygens (including phenoxy) is 2. The molecule has 3 rings (SSSR count). The van der Waals surface area contributed by atoms with Crippen molar-refractivity contribution in [3.05, 3.63) is 65.2 Å². The van der Waals surface area contributed by atoms with Crippen LogP contribution >= 0.6 is 0 Å². The van der Waals surface area contributed by atoms with Crippen LogP contribution in [-0.2, 0) is 16.1 Å². The van der Waals surface area contributed by atoms with E-state index in [1.54, 1.807) is 49.4 Å². The molecule has 0 unspecified atom stereocenters. The second kappa shape index (κ2) is 8.77. The first-order valence-corrected chi connectivity index (χ1v) is 9.47. The number of benzene rings is 2. The fourth-order valence-electron chi connectivity index (χ4n) is 2.87. The molecule has 30 heavy (non-hydrogen) atoms. The van der Waals surface area contributed by atoms with E-state index in [0.717, 1.165) is 10.6 Å². The fraction of sp³-hybridized carbons (Fsp3) is 0.273. The summed E-state index contributed by atoms with van der Waals surface area (Å²) in [5, 5.41) is 7.56. The molecule has 0 radical (unpaired) electrons. The zero-order valence-corrected chi connectivity index (χ0v) is 17.0. The fourth-order valence-corrected chi connectivity index (χ4v) is 2.87. The van der Waals surface area contributed by atoms with E-state index >= 15 is 0 Å². The Kier molecular flexibility index (Phi) is 6.15. The van der Waals surface area contributed by atoms with E-state index in [2.05, 4.69) is 15.2 Å². The van der Waals surface area contributed by atoms with Crippen molar-refractivity contribution in [2.45, 2.75) is 32.4 Å². The van der Waals surface area contributed by atoms with Crippen LogP contribution in [0.3, 0.4) is 0 Å². The van der Waals surface area contributed by atoms with Gasteiger partial charge in [0.2, 0.25) is 0 Å². The van der Waals surface area contributed by atoms with Crippen LogP contribution in [0.15, 0.2) is 53.6 Å². The van der Waals surface area contributed by atoms with Gasteiger partial charge in [-0.05, 0) is 43.2 Å². The molecule has 0 bridgehead atoms. The number of methoxy groups -OCH3 is 1. The highest BCUT2D eigenvalue weighted by Gasteiger charge is 2.46. The second-order valence-electron chi connectivity index (χ2n) is 6.99. The van der Waals surface area contributed by atoms with Crippen molar-refractivity contribution in [3.63, 3.8) is 0 Å². The number of amides is 3. The summed E-state index contributed by atoms with van der Waals surface area (Å²) in [6.45, 7) is 3.76. The zero-order chi connectivity index (χ0) is 21.7. The molecule has 0 aromatic heterocycles. The molecule has 1 aliphatic heterocycles. The molecule has 3 amide bonds. The molecule has 2 aromatic rings. The molecule has 8 nitrogen and oxygen atoms in total. The molecule has 0 saturated carbocycles. The smallest absolute Gasteiger partial charge is 0.346 e. The van der Waals surface area contributed by atoms with E-state index in [0.29, 0.717) is 23.3 Å². The van der Waals surface area contributed by atoms with Gasteiger partial charge in [-0.15, -0.1) is 5.01 Å². The van der Waals surface area contributed by atoms with Crippen LogP contribution in [0.25, 0.3) is 0 Å². The Morgan fingerprint density at radius 1 is 1.17 bits per heavy atom. The van der Waals surface area contributed by atoms with Crippen LogP contribution in [0, 0.1) is 0 Å². The minimum atomic E-state index is -0.944. The lowest BCUT2D eigenvalue weighted by Gasteiger charge is -2.17. The number of nitrogens with one attached hydrogen (secondary N) is 1. The topological polar surface area (TPSA) is 97.3 Å². The lowest BCUT2D eigenvalue weighted by molar-refractivity contribution is -0.130. The lowest BCUT2D eigenvalue weighted by atomic mass is 10.00. The molecule has 1 heterocycles. The summed E-state index contributed by atoms with van der Waals surface area (Å²) in [5.74, 6) is -0.248. The van der Waals surface area contributed by atoms with Crippen molar-refractivity contribution >= 4 is 24.1 Å². The van der Waals surface area contributed by atoms with E-state index in [4.69, 9.17) is 4.74 Å². The van der Waals surface area contributed by atoms with Gasteiger partial charge in [-0.1, -0.05) is 31.2 Å². The molecular weight excluding hydrogens is 386 g/mol. The Hall–Kier alpha value is -3.68. The first-order valence-electron chi connectivity index (χ1n) is 9.47. The van der Waals surface area contributed by atoms with E-state index in [1.165, 1.54) is 13.3 Å². The van der Waals surface area contributed by atoms with E-state index in [9.17, 15) is 14.4 Å². The number of imide groups is 1. The Morgan fingerprint density at radius 2 is 1.87 bits per heavy atom. The summed E-state index contributed by atoms with van der Waals surface area (Å²) in [6, 6.07) is 13.5. The number of esters is 1. The van der Waals surface area contributed by atoms with Crippen molar-refractivity contribution < 1.29 is 23.9 Å². The van der Waals surface area contributed by atoms with Crippen molar-refractivity contribution in [2.75, 3.05) is 7.11 Å². The van der Waals surface area contributed by atoms with Gasteiger partial charge in [0.15, 0.2) is 0 Å². The van der Waals surface area contributed by atoms with Crippen LogP contribution in [0.2, 0.25) is 0 Å².